The Labute approximate surface area is 619 Å². The van der Waals surface area contributed by atoms with Crippen LogP contribution in [0.5, 0.6) is 0 Å². The van der Waals surface area contributed by atoms with E-state index in [1.807, 2.05) is 0 Å². The fourth-order valence-corrected chi connectivity index (χ4v) is 14.4. The monoisotopic (exact) mass is 1480 g/mol. The molecule has 0 rings (SSSR count). The normalized spacial score (nSPS) is 13.8. The summed E-state index contributed by atoms with van der Waals surface area (Å²) < 4.78 is 68.7. The molecule has 0 saturated carbocycles. The second-order valence-corrected chi connectivity index (χ2v) is 32.4. The van der Waals surface area contributed by atoms with Gasteiger partial charge < -0.3 is 33.8 Å². The molecule has 0 aromatic heterocycles. The van der Waals surface area contributed by atoms with Crippen LogP contribution in [0.25, 0.3) is 0 Å². The van der Waals surface area contributed by atoms with Gasteiger partial charge in [-0.25, -0.2) is 9.13 Å². The minimum Gasteiger partial charge on any atom is -0.462 e. The number of esters is 4. The third kappa shape index (κ3) is 76.1. The molecule has 101 heavy (non-hydrogen) atoms. The van der Waals surface area contributed by atoms with Gasteiger partial charge in [-0.2, -0.15) is 0 Å². The molecule has 19 heteroatoms. The molecule has 0 heterocycles. The van der Waals surface area contributed by atoms with Crippen LogP contribution in [-0.2, 0) is 65.4 Å². The molecule has 3 N–H and O–H groups in total. The number of hydrogen-bond acceptors (Lipinski definition) is 15. The molecule has 0 aliphatic rings. The fraction of sp³-hybridized carbons (Fsp3) is 0.951. The van der Waals surface area contributed by atoms with E-state index < -0.39 is 97.5 Å². The molecule has 0 bridgehead atoms. The summed E-state index contributed by atoms with van der Waals surface area (Å²) in [5.41, 5.74) is 0. The van der Waals surface area contributed by atoms with Gasteiger partial charge in [-0.15, -0.1) is 0 Å². The third-order valence-corrected chi connectivity index (χ3v) is 21.3. The lowest BCUT2D eigenvalue weighted by atomic mass is 10.0. The number of carbonyl (C=O) groups excluding carboxylic acids is 4. The topological polar surface area (TPSA) is 237 Å². The van der Waals surface area contributed by atoms with Gasteiger partial charge in [0.2, 0.25) is 0 Å². The van der Waals surface area contributed by atoms with E-state index >= 15 is 0 Å². The van der Waals surface area contributed by atoms with Gasteiger partial charge in [0, 0.05) is 25.7 Å². The highest BCUT2D eigenvalue weighted by Crippen LogP contribution is 2.45. The first-order chi connectivity index (χ1) is 49.2. The number of phosphoric ester groups is 2. The molecule has 17 nitrogen and oxygen atoms in total. The van der Waals surface area contributed by atoms with Crippen molar-refractivity contribution < 1.29 is 80.2 Å². The number of rotatable bonds is 83. The summed E-state index contributed by atoms with van der Waals surface area (Å²) >= 11 is 0. The van der Waals surface area contributed by atoms with E-state index in [4.69, 9.17) is 37.0 Å². The van der Waals surface area contributed by atoms with Crippen LogP contribution >= 0.6 is 15.6 Å². The Kier molecular flexibility index (Phi) is 74.8. The predicted octanol–water partition coefficient (Wildman–Crippen LogP) is 25.0. The molecule has 0 aromatic carbocycles. The SMILES string of the molecule is CCCCCCCCCCCCCCCCCCCCCC(=O)OC[C@H](COP(=O)(O)OC[C@@H](O)COP(=O)(O)OC[C@@H](COC(=O)CCCCCCCCCCCC)OC(=O)CCCCCCCCCCCCCCC)OC(=O)CCCCCCCCCCCCCCCCCCCCC. The van der Waals surface area contributed by atoms with Gasteiger partial charge in [-0.1, -0.05) is 394 Å². The molecular weight excluding hydrogens is 1320 g/mol. The first-order valence-electron chi connectivity index (χ1n) is 42.8. The first kappa shape index (κ1) is 99.1. The highest BCUT2D eigenvalue weighted by Gasteiger charge is 2.30. The van der Waals surface area contributed by atoms with Gasteiger partial charge in [0.25, 0.3) is 0 Å². The van der Waals surface area contributed by atoms with Crippen molar-refractivity contribution in [3.8, 4) is 0 Å². The number of ether oxygens (including phenoxy) is 4. The standard InChI is InChI=1S/C82H160O17P2/c1-5-9-13-17-21-25-29-32-34-36-38-40-42-45-47-51-55-59-63-67-80(85)93-73-78(99-82(87)69-65-61-57-53-49-46-43-41-39-37-35-33-30-26-22-18-14-10-6-2)75-97-101(90,91)95-71-76(83)70-94-100(88,89)96-74-77(72-92-79(84)66-62-58-54-50-28-24-20-16-12-8-4)98-81(86)68-64-60-56-52-48-44-31-27-23-19-15-11-7-3/h76-78,83H,5-75H2,1-4H3,(H,88,89)(H,90,91)/t76-,77+,78+/m0/s1. The highest BCUT2D eigenvalue weighted by molar-refractivity contribution is 7.47. The summed E-state index contributed by atoms with van der Waals surface area (Å²) in [5, 5.41) is 10.6. The number of unbranched alkanes of at least 4 members (excludes halogenated alkanes) is 57. The summed E-state index contributed by atoms with van der Waals surface area (Å²) in [6.07, 6.45) is 69.4. The number of phosphoric acid groups is 2. The Bertz CT molecular complexity index is 1910. The fourth-order valence-electron chi connectivity index (χ4n) is 12.8. The molecular formula is C82H160O17P2. The smallest absolute Gasteiger partial charge is 0.462 e. The van der Waals surface area contributed by atoms with Crippen LogP contribution in [0.15, 0.2) is 0 Å². The molecule has 0 spiro atoms. The number of aliphatic hydroxyl groups is 1. The molecule has 0 aliphatic heterocycles. The van der Waals surface area contributed by atoms with Gasteiger partial charge in [-0.3, -0.25) is 37.3 Å². The molecule has 0 aromatic rings. The van der Waals surface area contributed by atoms with Gasteiger partial charge in [0.05, 0.1) is 26.4 Å². The van der Waals surface area contributed by atoms with Crippen molar-refractivity contribution in [1.82, 2.24) is 0 Å². The second-order valence-electron chi connectivity index (χ2n) is 29.5. The zero-order valence-corrected chi connectivity index (χ0v) is 67.7. The van der Waals surface area contributed by atoms with E-state index in [0.29, 0.717) is 25.7 Å². The average molecular weight is 1480 g/mol. The van der Waals surface area contributed by atoms with Crippen LogP contribution in [0.2, 0.25) is 0 Å². The third-order valence-electron chi connectivity index (χ3n) is 19.4. The predicted molar refractivity (Wildman–Crippen MR) is 414 cm³/mol. The van der Waals surface area contributed by atoms with Crippen LogP contribution in [0.3, 0.4) is 0 Å². The minimum absolute atomic E-state index is 0.108. The van der Waals surface area contributed by atoms with E-state index in [2.05, 4.69) is 27.7 Å². The highest BCUT2D eigenvalue weighted by atomic mass is 31.2. The maximum atomic E-state index is 13.1. The summed E-state index contributed by atoms with van der Waals surface area (Å²) in [4.78, 5) is 73.0. The van der Waals surface area contributed by atoms with Crippen LogP contribution in [-0.4, -0.2) is 96.7 Å². The number of carbonyl (C=O) groups is 4. The van der Waals surface area contributed by atoms with E-state index in [1.165, 1.54) is 276 Å². The Hall–Kier alpha value is -1.94. The quantitative estimate of drug-likeness (QED) is 0.0222. The molecule has 5 atom stereocenters. The van der Waals surface area contributed by atoms with E-state index in [9.17, 15) is 43.2 Å². The van der Waals surface area contributed by atoms with E-state index in [0.717, 1.165) is 89.9 Å². The van der Waals surface area contributed by atoms with Crippen molar-refractivity contribution in [1.29, 1.82) is 0 Å². The summed E-state index contributed by atoms with van der Waals surface area (Å²) in [5.74, 6) is -2.10. The molecule has 0 radical (unpaired) electrons. The van der Waals surface area contributed by atoms with Gasteiger partial charge in [-0.05, 0) is 25.7 Å². The van der Waals surface area contributed by atoms with Crippen molar-refractivity contribution in [2.75, 3.05) is 39.6 Å². The van der Waals surface area contributed by atoms with E-state index in [1.54, 1.807) is 0 Å². The van der Waals surface area contributed by atoms with Crippen molar-refractivity contribution in [3.05, 3.63) is 0 Å². The molecule has 2 unspecified atom stereocenters. The summed E-state index contributed by atoms with van der Waals surface area (Å²) in [7, 11) is -9.92. The van der Waals surface area contributed by atoms with Crippen LogP contribution < -0.4 is 0 Å². The minimum atomic E-state index is -4.96. The number of hydrogen-bond donors (Lipinski definition) is 3. The summed E-state index contributed by atoms with van der Waals surface area (Å²) in [6.45, 7) is 5.03. The zero-order valence-electron chi connectivity index (χ0n) is 65.9. The van der Waals surface area contributed by atoms with Crippen molar-refractivity contribution in [3.63, 3.8) is 0 Å². The second kappa shape index (κ2) is 76.3. The molecule has 0 fully saturated rings. The lowest BCUT2D eigenvalue weighted by molar-refractivity contribution is -0.161. The van der Waals surface area contributed by atoms with Crippen LogP contribution in [0, 0.1) is 0 Å². The maximum absolute atomic E-state index is 13.1. The van der Waals surface area contributed by atoms with Crippen molar-refractivity contribution in [2.45, 2.75) is 463 Å². The first-order valence-corrected chi connectivity index (χ1v) is 45.8. The lowest BCUT2D eigenvalue weighted by Gasteiger charge is -2.21. The van der Waals surface area contributed by atoms with Crippen LogP contribution in [0.1, 0.15) is 445 Å². The largest absolute Gasteiger partial charge is 0.472 e. The molecule has 0 amide bonds. The Morgan fingerprint density at radius 1 is 0.238 bits per heavy atom. The Morgan fingerprint density at radius 3 is 0.584 bits per heavy atom. The zero-order chi connectivity index (χ0) is 73.9. The maximum Gasteiger partial charge on any atom is 0.472 e. The number of aliphatic hydroxyl groups excluding tert-OH is 1. The molecule has 600 valence electrons. The van der Waals surface area contributed by atoms with Gasteiger partial charge in [0.15, 0.2) is 12.2 Å². The van der Waals surface area contributed by atoms with Crippen LogP contribution in [0.4, 0.5) is 0 Å². The lowest BCUT2D eigenvalue weighted by Crippen LogP contribution is -2.30. The van der Waals surface area contributed by atoms with Crippen molar-refractivity contribution in [2.24, 2.45) is 0 Å². The average Bonchev–Trinajstić information content (AvgIpc) is 0.965. The molecule has 0 aliphatic carbocycles. The Morgan fingerprint density at radius 2 is 0.396 bits per heavy atom. The van der Waals surface area contributed by atoms with Crippen molar-refractivity contribution >= 4 is 39.5 Å². The van der Waals surface area contributed by atoms with E-state index in [-0.39, 0.29) is 25.7 Å². The van der Waals surface area contributed by atoms with Gasteiger partial charge in [0.1, 0.15) is 19.3 Å². The molecule has 0 saturated heterocycles. The summed E-state index contributed by atoms with van der Waals surface area (Å²) in [6, 6.07) is 0. The van der Waals surface area contributed by atoms with Gasteiger partial charge >= 0.3 is 39.5 Å². The Balaban J connectivity index is 5.22.